The number of carboxylic acids is 2. The molecule has 0 aliphatic rings. The minimum atomic E-state index is -5.08. The van der Waals surface area contributed by atoms with E-state index in [2.05, 4.69) is 10.3 Å². The zero-order chi connectivity index (χ0) is 22.0. The van der Waals surface area contributed by atoms with Crippen molar-refractivity contribution in [2.75, 3.05) is 18.1 Å². The van der Waals surface area contributed by atoms with Crippen LogP contribution in [0.4, 0.5) is 17.6 Å². The molecule has 0 fully saturated rings. The molecule has 2 aromatic rings. The molecule has 3 N–H and O–H groups in total. The molecule has 0 aliphatic carbocycles. The lowest BCUT2D eigenvalue weighted by Gasteiger charge is -2.02. The minimum Gasteiger partial charge on any atom is -0.481 e. The average molecular weight is 457 g/mol. The molecule has 0 saturated heterocycles. The zero-order valence-corrected chi connectivity index (χ0v) is 16.1. The first kappa shape index (κ1) is 24.6. The van der Waals surface area contributed by atoms with Crippen LogP contribution in [0.2, 0.25) is 0 Å². The first-order valence-electron chi connectivity index (χ1n) is 7.71. The van der Waals surface area contributed by atoms with Crippen molar-refractivity contribution >= 4 is 45.1 Å². The van der Waals surface area contributed by atoms with E-state index in [0.717, 1.165) is 0 Å². The molecule has 0 atom stereocenters. The summed E-state index contributed by atoms with van der Waals surface area (Å²) in [6.07, 6.45) is -3.47. The molecule has 0 spiro atoms. The molecular formula is C15H15F4N3O5S2. The monoisotopic (exact) mass is 457 g/mol. The van der Waals surface area contributed by atoms with Gasteiger partial charge in [0.2, 0.25) is 5.95 Å². The third-order valence-corrected chi connectivity index (χ3v) is 5.29. The SMILES string of the molecule is O=C(O)C(F)(F)F.O=C(O)CCSSCCNC(=O)c1nc2ccccn2c1F. The van der Waals surface area contributed by atoms with Crippen molar-refractivity contribution in [3.8, 4) is 0 Å². The van der Waals surface area contributed by atoms with Gasteiger partial charge in [-0.3, -0.25) is 14.0 Å². The molecule has 0 radical (unpaired) electrons. The highest BCUT2D eigenvalue weighted by Gasteiger charge is 2.38. The van der Waals surface area contributed by atoms with Gasteiger partial charge in [0.1, 0.15) is 5.65 Å². The Morgan fingerprint density at radius 1 is 1.14 bits per heavy atom. The van der Waals surface area contributed by atoms with Gasteiger partial charge < -0.3 is 15.5 Å². The summed E-state index contributed by atoms with van der Waals surface area (Å²) in [7, 11) is 2.89. The van der Waals surface area contributed by atoms with E-state index in [1.807, 2.05) is 0 Å². The summed E-state index contributed by atoms with van der Waals surface area (Å²) in [5.74, 6) is -3.72. The number of amides is 1. The fraction of sp³-hybridized carbons (Fsp3) is 0.333. The summed E-state index contributed by atoms with van der Waals surface area (Å²) in [6, 6.07) is 4.99. The van der Waals surface area contributed by atoms with E-state index in [1.165, 1.54) is 32.2 Å². The van der Waals surface area contributed by atoms with Crippen molar-refractivity contribution in [2.45, 2.75) is 12.6 Å². The Bertz CT molecular complexity index is 860. The molecule has 0 aromatic carbocycles. The molecule has 0 saturated carbocycles. The number of nitrogens with one attached hydrogen (secondary N) is 1. The third kappa shape index (κ3) is 8.60. The highest BCUT2D eigenvalue weighted by atomic mass is 33.1. The van der Waals surface area contributed by atoms with Crippen molar-refractivity contribution in [2.24, 2.45) is 0 Å². The zero-order valence-electron chi connectivity index (χ0n) is 14.5. The van der Waals surface area contributed by atoms with Crippen LogP contribution in [-0.2, 0) is 9.59 Å². The lowest BCUT2D eigenvalue weighted by Crippen LogP contribution is -2.26. The largest absolute Gasteiger partial charge is 0.490 e. The minimum absolute atomic E-state index is 0.108. The average Bonchev–Trinajstić information content (AvgIpc) is 2.97. The highest BCUT2D eigenvalue weighted by molar-refractivity contribution is 8.76. The molecule has 2 heterocycles. The van der Waals surface area contributed by atoms with Crippen LogP contribution in [0.5, 0.6) is 0 Å². The number of nitrogens with zero attached hydrogens (tertiary/aromatic N) is 2. The summed E-state index contributed by atoms with van der Waals surface area (Å²) < 4.78 is 47.0. The van der Waals surface area contributed by atoms with Crippen molar-refractivity contribution in [3.63, 3.8) is 0 Å². The summed E-state index contributed by atoms with van der Waals surface area (Å²) in [5.41, 5.74) is 0.151. The van der Waals surface area contributed by atoms with Crippen molar-refractivity contribution < 1.29 is 42.2 Å². The van der Waals surface area contributed by atoms with Gasteiger partial charge in [-0.1, -0.05) is 27.7 Å². The second-order valence-electron chi connectivity index (χ2n) is 5.03. The van der Waals surface area contributed by atoms with E-state index in [9.17, 15) is 27.2 Å². The topological polar surface area (TPSA) is 121 Å². The first-order chi connectivity index (χ1) is 13.5. The molecule has 8 nitrogen and oxygen atoms in total. The van der Waals surface area contributed by atoms with E-state index in [-0.39, 0.29) is 12.1 Å². The van der Waals surface area contributed by atoms with E-state index in [1.54, 1.807) is 18.2 Å². The number of carbonyl (C=O) groups is 3. The van der Waals surface area contributed by atoms with Crippen LogP contribution in [0, 0.1) is 5.95 Å². The number of pyridine rings is 1. The molecule has 0 unspecified atom stereocenters. The Labute approximate surface area is 169 Å². The number of aromatic nitrogens is 2. The van der Waals surface area contributed by atoms with Crippen LogP contribution in [0.25, 0.3) is 5.65 Å². The maximum Gasteiger partial charge on any atom is 0.490 e. The second-order valence-corrected chi connectivity index (χ2v) is 7.73. The Kier molecular flexibility index (Phi) is 9.74. The molecule has 29 heavy (non-hydrogen) atoms. The Balaban J connectivity index is 0.000000516. The first-order valence-corrected chi connectivity index (χ1v) is 10.2. The summed E-state index contributed by atoms with van der Waals surface area (Å²) in [5, 5.41) is 18.2. The normalized spacial score (nSPS) is 10.9. The van der Waals surface area contributed by atoms with Gasteiger partial charge in [-0.05, 0) is 12.1 Å². The number of alkyl halides is 3. The van der Waals surface area contributed by atoms with E-state index < -0.39 is 30.0 Å². The van der Waals surface area contributed by atoms with Gasteiger partial charge in [-0.2, -0.15) is 17.6 Å². The van der Waals surface area contributed by atoms with E-state index in [0.29, 0.717) is 23.7 Å². The predicted octanol–water partition coefficient (Wildman–Crippen LogP) is 2.69. The summed E-state index contributed by atoms with van der Waals surface area (Å²) >= 11 is 0. The second kappa shape index (κ2) is 11.5. The van der Waals surface area contributed by atoms with E-state index in [4.69, 9.17) is 15.0 Å². The summed E-state index contributed by atoms with van der Waals surface area (Å²) in [4.78, 5) is 35.1. The molecule has 14 heteroatoms. The highest BCUT2D eigenvalue weighted by Crippen LogP contribution is 2.21. The smallest absolute Gasteiger partial charge is 0.481 e. The van der Waals surface area contributed by atoms with Gasteiger partial charge in [0.05, 0.1) is 6.42 Å². The fourth-order valence-electron chi connectivity index (χ4n) is 1.65. The number of aliphatic carboxylic acids is 2. The quantitative estimate of drug-likeness (QED) is 0.314. The number of carbonyl (C=O) groups excluding carboxylic acids is 1. The van der Waals surface area contributed by atoms with Crippen LogP contribution >= 0.6 is 21.6 Å². The van der Waals surface area contributed by atoms with E-state index >= 15 is 0 Å². The molecule has 2 aromatic heterocycles. The lowest BCUT2D eigenvalue weighted by molar-refractivity contribution is -0.192. The van der Waals surface area contributed by atoms with Gasteiger partial charge in [0.15, 0.2) is 5.69 Å². The van der Waals surface area contributed by atoms with Crippen LogP contribution in [-0.4, -0.2) is 61.7 Å². The number of halogens is 4. The standard InChI is InChI=1S/C13H14FN3O3S2.C2HF3O2/c14-12-11(16-9-3-1-2-6-17(9)12)13(20)15-5-8-22-21-7-4-10(18)19;3-2(4,5)1(6)7/h1-3,6H,4-5,7-8H2,(H,15,20)(H,18,19);(H,6,7). The Morgan fingerprint density at radius 3 is 2.31 bits per heavy atom. The number of hydrogen-bond donors (Lipinski definition) is 3. The molecule has 160 valence electrons. The number of imidazole rings is 1. The number of rotatable bonds is 8. The Hall–Kier alpha value is -2.48. The van der Waals surface area contributed by atoms with Gasteiger partial charge in [-0.15, -0.1) is 0 Å². The van der Waals surface area contributed by atoms with Gasteiger partial charge in [0.25, 0.3) is 5.91 Å². The third-order valence-electron chi connectivity index (χ3n) is 2.88. The van der Waals surface area contributed by atoms with Crippen molar-refractivity contribution in [1.82, 2.24) is 14.7 Å². The number of hydrogen-bond acceptors (Lipinski definition) is 6. The fourth-order valence-corrected chi connectivity index (χ4v) is 3.53. The lowest BCUT2D eigenvalue weighted by atomic mass is 10.4. The van der Waals surface area contributed by atoms with Gasteiger partial charge in [0, 0.05) is 24.2 Å². The molecule has 0 aliphatic heterocycles. The maximum atomic E-state index is 14.0. The summed E-state index contributed by atoms with van der Waals surface area (Å²) in [6.45, 7) is 0.358. The van der Waals surface area contributed by atoms with Crippen molar-refractivity contribution in [1.29, 1.82) is 0 Å². The van der Waals surface area contributed by atoms with Gasteiger partial charge in [-0.25, -0.2) is 9.78 Å². The van der Waals surface area contributed by atoms with Crippen molar-refractivity contribution in [3.05, 3.63) is 36.0 Å². The molecule has 2 rings (SSSR count). The Morgan fingerprint density at radius 2 is 1.76 bits per heavy atom. The molecular weight excluding hydrogens is 442 g/mol. The number of carboxylic acid groups (broad SMARTS) is 2. The van der Waals surface area contributed by atoms with Crippen LogP contribution in [0.1, 0.15) is 16.9 Å². The maximum absolute atomic E-state index is 14.0. The predicted molar refractivity (Wildman–Crippen MR) is 98.3 cm³/mol. The van der Waals surface area contributed by atoms with Crippen LogP contribution in [0.15, 0.2) is 24.4 Å². The van der Waals surface area contributed by atoms with Crippen LogP contribution < -0.4 is 5.32 Å². The van der Waals surface area contributed by atoms with Gasteiger partial charge >= 0.3 is 18.1 Å². The molecule has 1 amide bonds. The van der Waals surface area contributed by atoms with Crippen LogP contribution in [0.3, 0.4) is 0 Å². The molecule has 0 bridgehead atoms. The number of fused-ring (bicyclic) bond motifs is 1.